The zero-order valence-electron chi connectivity index (χ0n) is 15.5. The molecule has 1 fully saturated rings. The second-order valence-electron chi connectivity index (χ2n) is 7.04. The fourth-order valence-corrected chi connectivity index (χ4v) is 4.45. The van der Waals surface area contributed by atoms with E-state index in [1.807, 2.05) is 4.57 Å². The number of hydrogen-bond acceptors (Lipinski definition) is 4. The average Bonchev–Trinajstić information content (AvgIpc) is 3.25. The quantitative estimate of drug-likeness (QED) is 0.731. The average molecular weight is 374 g/mol. The molecule has 5 nitrogen and oxygen atoms in total. The van der Waals surface area contributed by atoms with Crippen molar-refractivity contribution in [2.75, 3.05) is 0 Å². The van der Waals surface area contributed by atoms with Gasteiger partial charge in [-0.25, -0.2) is 4.98 Å². The Hall–Kier alpha value is -1.79. The highest BCUT2D eigenvalue weighted by atomic mass is 32.2. The van der Waals surface area contributed by atoms with Crippen LogP contribution in [-0.4, -0.2) is 26.6 Å². The summed E-state index contributed by atoms with van der Waals surface area (Å²) in [5.41, 5.74) is 4.43. The molecule has 1 aromatic carbocycles. The van der Waals surface area contributed by atoms with Crippen LogP contribution in [0.15, 0.2) is 29.6 Å². The van der Waals surface area contributed by atoms with Crippen molar-refractivity contribution in [1.82, 2.24) is 14.9 Å². The second-order valence-corrected chi connectivity index (χ2v) is 7.99. The number of hydrogen-bond donors (Lipinski definition) is 2. The van der Waals surface area contributed by atoms with E-state index in [1.54, 1.807) is 18.0 Å². The normalized spacial score (nSPS) is 14.7. The molecule has 6 heteroatoms. The predicted molar refractivity (Wildman–Crippen MR) is 104 cm³/mol. The van der Waals surface area contributed by atoms with Gasteiger partial charge in [-0.15, -0.1) is 0 Å². The van der Waals surface area contributed by atoms with E-state index in [4.69, 9.17) is 0 Å². The number of rotatable bonds is 7. The van der Waals surface area contributed by atoms with Crippen molar-refractivity contribution in [2.45, 2.75) is 69.6 Å². The summed E-state index contributed by atoms with van der Waals surface area (Å²) in [6.07, 6.45) is 6.17. The van der Waals surface area contributed by atoms with E-state index in [0.29, 0.717) is 11.7 Å². The van der Waals surface area contributed by atoms with Gasteiger partial charge in [-0.05, 0) is 37.8 Å². The first-order valence-electron chi connectivity index (χ1n) is 9.20. The Morgan fingerprint density at radius 2 is 2.12 bits per heavy atom. The molecule has 2 aromatic rings. The molecule has 0 radical (unpaired) electrons. The van der Waals surface area contributed by atoms with Gasteiger partial charge in [-0.3, -0.25) is 4.79 Å². The predicted octanol–water partition coefficient (Wildman–Crippen LogP) is 3.34. The first kappa shape index (κ1) is 19.0. The molecule has 1 amide bonds. The molecule has 3 rings (SSSR count). The van der Waals surface area contributed by atoms with Crippen LogP contribution < -0.4 is 5.32 Å². The first-order valence-corrected chi connectivity index (χ1v) is 10.2. The Morgan fingerprint density at radius 1 is 1.35 bits per heavy atom. The molecule has 0 spiro atoms. The van der Waals surface area contributed by atoms with Gasteiger partial charge in [0.2, 0.25) is 5.91 Å². The minimum absolute atomic E-state index is 0.00168. The maximum atomic E-state index is 12.4. The van der Waals surface area contributed by atoms with Gasteiger partial charge < -0.3 is 15.0 Å². The van der Waals surface area contributed by atoms with Crippen LogP contribution in [0.3, 0.4) is 0 Å². The van der Waals surface area contributed by atoms with Crippen LogP contribution in [0.25, 0.3) is 0 Å². The number of aryl methyl sites for hydroxylation is 2. The summed E-state index contributed by atoms with van der Waals surface area (Å²) in [5, 5.41) is 13.5. The standard InChI is InChI=1S/C20H27N3O2S/c1-14-7-8-15(2)16(9-14)13-26-20-21-10-18(12-24)23(20)11-19(25)22-17-5-3-4-6-17/h7-10,17,24H,3-6,11-13H2,1-2H3,(H,22,25). The molecule has 1 saturated carbocycles. The summed E-state index contributed by atoms with van der Waals surface area (Å²) in [4.78, 5) is 16.8. The van der Waals surface area contributed by atoms with Gasteiger partial charge in [0.05, 0.1) is 18.5 Å². The van der Waals surface area contributed by atoms with Crippen molar-refractivity contribution in [3.8, 4) is 0 Å². The number of carbonyl (C=O) groups is 1. The minimum Gasteiger partial charge on any atom is -0.390 e. The molecule has 0 saturated heterocycles. The minimum atomic E-state index is -0.117. The molecule has 140 valence electrons. The molecule has 0 aliphatic heterocycles. The summed E-state index contributed by atoms with van der Waals surface area (Å²) in [6, 6.07) is 6.73. The van der Waals surface area contributed by atoms with E-state index in [-0.39, 0.29) is 19.1 Å². The van der Waals surface area contributed by atoms with E-state index in [1.165, 1.54) is 29.5 Å². The fourth-order valence-electron chi connectivity index (χ4n) is 3.39. The number of amides is 1. The smallest absolute Gasteiger partial charge is 0.240 e. The highest BCUT2D eigenvalue weighted by molar-refractivity contribution is 7.98. The van der Waals surface area contributed by atoms with Gasteiger partial charge >= 0.3 is 0 Å². The van der Waals surface area contributed by atoms with Crippen LogP contribution in [0, 0.1) is 13.8 Å². The summed E-state index contributed by atoms with van der Waals surface area (Å²) in [7, 11) is 0. The van der Waals surface area contributed by atoms with Crippen molar-refractivity contribution < 1.29 is 9.90 Å². The number of carbonyl (C=O) groups excluding carboxylic acids is 1. The lowest BCUT2D eigenvalue weighted by molar-refractivity contribution is -0.122. The van der Waals surface area contributed by atoms with Crippen LogP contribution in [0.2, 0.25) is 0 Å². The zero-order valence-corrected chi connectivity index (χ0v) is 16.3. The third-order valence-corrected chi connectivity index (χ3v) is 5.99. The molecular weight excluding hydrogens is 346 g/mol. The Morgan fingerprint density at radius 3 is 2.85 bits per heavy atom. The molecule has 1 heterocycles. The Labute approximate surface area is 159 Å². The number of aliphatic hydroxyl groups excluding tert-OH is 1. The van der Waals surface area contributed by atoms with E-state index in [9.17, 15) is 9.90 Å². The van der Waals surface area contributed by atoms with Crippen molar-refractivity contribution in [1.29, 1.82) is 0 Å². The van der Waals surface area contributed by atoms with Crippen LogP contribution in [0.1, 0.15) is 48.1 Å². The monoisotopic (exact) mass is 373 g/mol. The SMILES string of the molecule is Cc1ccc(C)c(CSc2ncc(CO)n2CC(=O)NC2CCCC2)c1. The third kappa shape index (κ3) is 4.68. The molecule has 0 atom stereocenters. The van der Waals surface area contributed by atoms with Gasteiger partial charge in [-0.2, -0.15) is 0 Å². The van der Waals surface area contributed by atoms with Crippen LogP contribution in [-0.2, 0) is 23.7 Å². The Balaban J connectivity index is 1.68. The number of aromatic nitrogens is 2. The number of thioether (sulfide) groups is 1. The fraction of sp³-hybridized carbons (Fsp3) is 0.500. The largest absolute Gasteiger partial charge is 0.390 e. The van der Waals surface area contributed by atoms with Crippen molar-refractivity contribution >= 4 is 17.7 Å². The van der Waals surface area contributed by atoms with Crippen LogP contribution >= 0.6 is 11.8 Å². The van der Waals surface area contributed by atoms with Gasteiger partial charge in [0.25, 0.3) is 0 Å². The summed E-state index contributed by atoms with van der Waals surface area (Å²) < 4.78 is 1.83. The van der Waals surface area contributed by atoms with Crippen LogP contribution in [0.5, 0.6) is 0 Å². The third-order valence-electron chi connectivity index (χ3n) is 4.95. The lowest BCUT2D eigenvalue weighted by atomic mass is 10.1. The van der Waals surface area contributed by atoms with Crippen LogP contribution in [0.4, 0.5) is 0 Å². The highest BCUT2D eigenvalue weighted by Crippen LogP contribution is 2.25. The van der Waals surface area contributed by atoms with Crippen molar-refractivity contribution in [3.63, 3.8) is 0 Å². The topological polar surface area (TPSA) is 67.2 Å². The molecule has 0 unspecified atom stereocenters. The number of imidazole rings is 1. The molecule has 2 N–H and O–H groups in total. The maximum Gasteiger partial charge on any atom is 0.240 e. The second kappa shape index (κ2) is 8.73. The van der Waals surface area contributed by atoms with E-state index in [0.717, 1.165) is 23.8 Å². The Bertz CT molecular complexity index is 766. The summed E-state index contributed by atoms with van der Waals surface area (Å²) in [5.74, 6) is 0.790. The van der Waals surface area contributed by atoms with E-state index in [2.05, 4.69) is 42.3 Å². The molecule has 1 aromatic heterocycles. The number of nitrogens with zero attached hydrogens (tertiary/aromatic N) is 2. The lowest BCUT2D eigenvalue weighted by Crippen LogP contribution is -2.35. The molecular formula is C20H27N3O2S. The molecule has 0 bridgehead atoms. The van der Waals surface area contributed by atoms with Gasteiger partial charge in [0.15, 0.2) is 5.16 Å². The summed E-state index contributed by atoms with van der Waals surface area (Å²) >= 11 is 1.60. The van der Waals surface area contributed by atoms with Gasteiger partial charge in [-0.1, -0.05) is 48.4 Å². The highest BCUT2D eigenvalue weighted by Gasteiger charge is 2.19. The summed E-state index contributed by atoms with van der Waals surface area (Å²) in [6.45, 7) is 4.29. The van der Waals surface area contributed by atoms with Gasteiger partial charge in [0, 0.05) is 11.8 Å². The maximum absolute atomic E-state index is 12.4. The van der Waals surface area contributed by atoms with Gasteiger partial charge in [0.1, 0.15) is 6.54 Å². The molecule has 1 aliphatic rings. The van der Waals surface area contributed by atoms with Crippen molar-refractivity contribution in [2.24, 2.45) is 0 Å². The van der Waals surface area contributed by atoms with Crippen molar-refractivity contribution in [3.05, 3.63) is 46.8 Å². The number of aliphatic hydroxyl groups is 1. The zero-order chi connectivity index (χ0) is 18.5. The first-order chi connectivity index (χ1) is 12.6. The molecule has 26 heavy (non-hydrogen) atoms. The number of benzene rings is 1. The Kier molecular flexibility index (Phi) is 6.38. The van der Waals surface area contributed by atoms with E-state index >= 15 is 0 Å². The molecule has 1 aliphatic carbocycles. The number of nitrogens with one attached hydrogen (secondary N) is 1. The van der Waals surface area contributed by atoms with E-state index < -0.39 is 0 Å². The lowest BCUT2D eigenvalue weighted by Gasteiger charge is -2.15.